The van der Waals surface area contributed by atoms with Gasteiger partial charge in [-0.1, -0.05) is 6.92 Å². The lowest BCUT2D eigenvalue weighted by atomic mass is 9.95. The smallest absolute Gasteiger partial charge is 0.333 e. The Balaban J connectivity index is 1.34. The second kappa shape index (κ2) is 11.5. The SMILES string of the molecule is CC[C@@H]1CC(NC(=O)c2nn(C(F)F)c3cc(OC)ccc23)CCN1CCN1CCN(C(C)=O)CC1. The van der Waals surface area contributed by atoms with Crippen molar-refractivity contribution in [1.29, 1.82) is 0 Å². The largest absolute Gasteiger partial charge is 0.497 e. The van der Waals surface area contributed by atoms with Gasteiger partial charge in [0.2, 0.25) is 5.91 Å². The fourth-order valence-electron chi connectivity index (χ4n) is 5.32. The second-order valence-electron chi connectivity index (χ2n) is 9.59. The Labute approximate surface area is 210 Å². The number of hydrogen-bond donors (Lipinski definition) is 1. The minimum atomic E-state index is -2.86. The number of ether oxygens (including phenoxy) is 1. The Morgan fingerprint density at radius 2 is 1.92 bits per heavy atom. The van der Waals surface area contributed by atoms with E-state index >= 15 is 0 Å². The number of carbonyl (C=O) groups is 2. The number of methoxy groups -OCH3 is 1. The van der Waals surface area contributed by atoms with Gasteiger partial charge in [-0.25, -0.2) is 4.68 Å². The number of piperazine rings is 1. The van der Waals surface area contributed by atoms with Gasteiger partial charge in [0.1, 0.15) is 5.75 Å². The molecule has 0 bridgehead atoms. The molecule has 2 aliphatic heterocycles. The van der Waals surface area contributed by atoms with E-state index in [9.17, 15) is 18.4 Å². The number of alkyl halides is 2. The molecule has 0 radical (unpaired) electrons. The summed E-state index contributed by atoms with van der Waals surface area (Å²) in [5.41, 5.74) is 0.174. The number of piperidine rings is 1. The molecular weight excluding hydrogens is 470 g/mol. The number of halogens is 2. The highest BCUT2D eigenvalue weighted by molar-refractivity contribution is 6.05. The topological polar surface area (TPSA) is 82.9 Å². The minimum absolute atomic E-state index is 0.00753. The van der Waals surface area contributed by atoms with Crippen molar-refractivity contribution in [3.63, 3.8) is 0 Å². The van der Waals surface area contributed by atoms with Crippen LogP contribution in [-0.2, 0) is 4.79 Å². The van der Waals surface area contributed by atoms with Crippen molar-refractivity contribution in [2.45, 2.75) is 51.7 Å². The van der Waals surface area contributed by atoms with E-state index in [4.69, 9.17) is 4.74 Å². The molecule has 0 aliphatic carbocycles. The summed E-state index contributed by atoms with van der Waals surface area (Å²) >= 11 is 0. The number of hydrogen-bond acceptors (Lipinski definition) is 6. The standard InChI is InChI=1S/C25H36F2N6O3/c1-4-19-15-18(7-8-32(19)14-11-30-9-12-31(13-10-30)17(2)34)28-24(35)23-21-6-5-20(36-3)16-22(21)33(29-23)25(26)27/h5-6,16,18-19,25H,4,7-15H2,1-3H3,(H,28,35)/t18?,19-/m1/s1. The first kappa shape index (κ1) is 26.3. The first-order valence-electron chi connectivity index (χ1n) is 12.7. The fourth-order valence-corrected chi connectivity index (χ4v) is 5.32. The summed E-state index contributed by atoms with van der Waals surface area (Å²) in [5.74, 6) is 0.134. The first-order valence-corrected chi connectivity index (χ1v) is 12.7. The monoisotopic (exact) mass is 506 g/mol. The quantitative estimate of drug-likeness (QED) is 0.593. The Bertz CT molecular complexity index is 1070. The molecule has 2 saturated heterocycles. The van der Waals surface area contributed by atoms with Crippen LogP contribution in [0.4, 0.5) is 8.78 Å². The third-order valence-electron chi connectivity index (χ3n) is 7.48. The number of fused-ring (bicyclic) bond motifs is 1. The molecule has 9 nitrogen and oxygen atoms in total. The predicted octanol–water partition coefficient (Wildman–Crippen LogP) is 2.58. The molecular formula is C25H36F2N6O3. The number of carbonyl (C=O) groups excluding carboxylic acids is 2. The van der Waals surface area contributed by atoms with Crippen LogP contribution in [0.2, 0.25) is 0 Å². The van der Waals surface area contributed by atoms with Crippen molar-refractivity contribution < 1.29 is 23.1 Å². The molecule has 1 aromatic carbocycles. The van der Waals surface area contributed by atoms with Crippen LogP contribution in [0.15, 0.2) is 18.2 Å². The maximum Gasteiger partial charge on any atom is 0.333 e. The number of benzene rings is 1. The minimum Gasteiger partial charge on any atom is -0.497 e. The summed E-state index contributed by atoms with van der Waals surface area (Å²) in [4.78, 5) is 31.4. The van der Waals surface area contributed by atoms with Crippen LogP contribution < -0.4 is 10.1 Å². The highest BCUT2D eigenvalue weighted by Gasteiger charge is 2.30. The summed E-state index contributed by atoms with van der Waals surface area (Å²) in [6.45, 7) is 7.03. The molecule has 0 saturated carbocycles. The first-order chi connectivity index (χ1) is 17.3. The van der Waals surface area contributed by atoms with Crippen LogP contribution >= 0.6 is 0 Å². The van der Waals surface area contributed by atoms with Crippen molar-refractivity contribution in [2.75, 3.05) is 52.9 Å². The Kier molecular flexibility index (Phi) is 8.40. The van der Waals surface area contributed by atoms with E-state index in [1.807, 2.05) is 4.90 Å². The van der Waals surface area contributed by atoms with Gasteiger partial charge in [-0.15, -0.1) is 0 Å². The van der Waals surface area contributed by atoms with Gasteiger partial charge in [-0.2, -0.15) is 13.9 Å². The van der Waals surface area contributed by atoms with E-state index in [0.717, 1.165) is 65.1 Å². The summed E-state index contributed by atoms with van der Waals surface area (Å²) < 4.78 is 32.9. The molecule has 4 rings (SSSR count). The molecule has 2 aliphatic rings. The fraction of sp³-hybridized carbons (Fsp3) is 0.640. The van der Waals surface area contributed by atoms with Gasteiger partial charge in [0, 0.05) is 76.3 Å². The number of likely N-dealkylation sites (tertiary alicyclic amines) is 1. The normalized spacial score (nSPS) is 21.8. The number of nitrogens with zero attached hydrogens (tertiary/aromatic N) is 5. The van der Waals surface area contributed by atoms with Crippen molar-refractivity contribution in [1.82, 2.24) is 29.8 Å². The zero-order chi connectivity index (χ0) is 25.8. The molecule has 36 heavy (non-hydrogen) atoms. The van der Waals surface area contributed by atoms with Crippen molar-refractivity contribution >= 4 is 22.7 Å². The molecule has 1 aromatic heterocycles. The summed E-state index contributed by atoms with van der Waals surface area (Å²) in [6, 6.07) is 5.01. The maximum absolute atomic E-state index is 13.6. The van der Waals surface area contributed by atoms with E-state index < -0.39 is 12.5 Å². The van der Waals surface area contributed by atoms with Gasteiger partial charge in [-0.05, 0) is 31.4 Å². The average molecular weight is 507 g/mol. The third-order valence-corrected chi connectivity index (χ3v) is 7.48. The van der Waals surface area contributed by atoms with E-state index in [1.165, 1.54) is 13.2 Å². The van der Waals surface area contributed by atoms with Gasteiger partial charge < -0.3 is 15.0 Å². The number of amides is 2. The highest BCUT2D eigenvalue weighted by Crippen LogP contribution is 2.28. The molecule has 198 valence electrons. The average Bonchev–Trinajstić information content (AvgIpc) is 3.27. The van der Waals surface area contributed by atoms with Crippen LogP contribution in [0.1, 0.15) is 50.1 Å². The zero-order valence-electron chi connectivity index (χ0n) is 21.3. The van der Waals surface area contributed by atoms with E-state index in [-0.39, 0.29) is 23.2 Å². The van der Waals surface area contributed by atoms with E-state index in [0.29, 0.717) is 21.9 Å². The lowest BCUT2D eigenvalue weighted by Crippen LogP contribution is -2.53. The lowest BCUT2D eigenvalue weighted by molar-refractivity contribution is -0.130. The predicted molar refractivity (Wildman–Crippen MR) is 132 cm³/mol. The van der Waals surface area contributed by atoms with Gasteiger partial charge >= 0.3 is 6.55 Å². The molecule has 2 aromatic rings. The molecule has 11 heteroatoms. The highest BCUT2D eigenvalue weighted by atomic mass is 19.3. The van der Waals surface area contributed by atoms with E-state index in [1.54, 1.807) is 19.1 Å². The van der Waals surface area contributed by atoms with E-state index in [2.05, 4.69) is 27.1 Å². The Morgan fingerprint density at radius 3 is 2.56 bits per heavy atom. The van der Waals surface area contributed by atoms with Crippen molar-refractivity contribution in [2.24, 2.45) is 0 Å². The van der Waals surface area contributed by atoms with Crippen LogP contribution in [-0.4, -0.2) is 101 Å². The van der Waals surface area contributed by atoms with Crippen LogP contribution in [0.3, 0.4) is 0 Å². The number of rotatable bonds is 8. The second-order valence-corrected chi connectivity index (χ2v) is 9.59. The van der Waals surface area contributed by atoms with Crippen LogP contribution in [0, 0.1) is 0 Å². The summed E-state index contributed by atoms with van der Waals surface area (Å²) in [5, 5.41) is 7.37. The summed E-state index contributed by atoms with van der Waals surface area (Å²) in [6.07, 6.45) is 2.57. The number of aromatic nitrogens is 2. The van der Waals surface area contributed by atoms with Gasteiger partial charge in [0.05, 0.1) is 12.6 Å². The van der Waals surface area contributed by atoms with Gasteiger partial charge in [0.15, 0.2) is 5.69 Å². The van der Waals surface area contributed by atoms with Crippen LogP contribution in [0.25, 0.3) is 10.9 Å². The van der Waals surface area contributed by atoms with Crippen molar-refractivity contribution in [3.05, 3.63) is 23.9 Å². The molecule has 0 spiro atoms. The number of nitrogens with one attached hydrogen (secondary N) is 1. The molecule has 3 heterocycles. The summed E-state index contributed by atoms with van der Waals surface area (Å²) in [7, 11) is 1.46. The van der Waals surface area contributed by atoms with Gasteiger partial charge in [0.25, 0.3) is 5.91 Å². The van der Waals surface area contributed by atoms with Crippen LogP contribution in [0.5, 0.6) is 5.75 Å². The van der Waals surface area contributed by atoms with Gasteiger partial charge in [-0.3, -0.25) is 19.4 Å². The maximum atomic E-state index is 13.6. The molecule has 1 N–H and O–H groups in total. The molecule has 2 atom stereocenters. The Morgan fingerprint density at radius 1 is 1.17 bits per heavy atom. The molecule has 2 amide bonds. The molecule has 2 fully saturated rings. The van der Waals surface area contributed by atoms with Crippen molar-refractivity contribution in [3.8, 4) is 5.75 Å². The Hall–Kier alpha value is -2.79. The zero-order valence-corrected chi connectivity index (χ0v) is 21.3. The lowest BCUT2D eigenvalue weighted by Gasteiger charge is -2.41. The molecule has 1 unspecified atom stereocenters. The third kappa shape index (κ3) is 5.78.